The average Bonchev–Trinajstić information content (AvgIpc) is 3.57. The van der Waals surface area contributed by atoms with Gasteiger partial charge in [0.25, 0.3) is 5.91 Å². The Labute approximate surface area is 198 Å². The van der Waals surface area contributed by atoms with Crippen LogP contribution in [0.1, 0.15) is 21.8 Å². The molecule has 5 rings (SSSR count). The number of alkyl halides is 3. The van der Waals surface area contributed by atoms with Crippen LogP contribution in [-0.2, 0) is 12.7 Å². The Balaban J connectivity index is 1.17. The van der Waals surface area contributed by atoms with Crippen LogP contribution in [0.5, 0.6) is 0 Å². The van der Waals surface area contributed by atoms with Crippen LogP contribution < -0.4 is 0 Å². The van der Waals surface area contributed by atoms with Gasteiger partial charge in [-0.1, -0.05) is 17.3 Å². The lowest BCUT2D eigenvalue weighted by Gasteiger charge is -2.34. The second kappa shape index (κ2) is 9.34. The van der Waals surface area contributed by atoms with Crippen molar-refractivity contribution < 1.29 is 22.5 Å². The summed E-state index contributed by atoms with van der Waals surface area (Å²) in [7, 11) is 0. The fraction of sp³-hybridized carbons (Fsp3) is 0.250. The molecule has 0 aliphatic carbocycles. The molecule has 1 aliphatic rings. The van der Waals surface area contributed by atoms with Gasteiger partial charge in [0.1, 0.15) is 0 Å². The van der Waals surface area contributed by atoms with E-state index in [1.165, 1.54) is 12.1 Å². The highest BCUT2D eigenvalue weighted by Crippen LogP contribution is 2.31. The van der Waals surface area contributed by atoms with E-state index in [4.69, 9.17) is 4.52 Å². The van der Waals surface area contributed by atoms with Gasteiger partial charge in [0.2, 0.25) is 11.7 Å². The molecule has 0 atom stereocenters. The molecule has 0 N–H and O–H groups in total. The standard InChI is InChI=1S/C24H21F3N6O2/c25-24(26,27)19-4-1-3-18(15-19)22-29-21(35-30-22)16-31-11-13-32(14-12-31)23(34)17-5-7-20(8-6-17)33-10-2-9-28-33/h1-10,15H,11-14,16H2. The smallest absolute Gasteiger partial charge is 0.338 e. The minimum absolute atomic E-state index is 0.0405. The topological polar surface area (TPSA) is 80.3 Å². The lowest BCUT2D eigenvalue weighted by molar-refractivity contribution is -0.137. The van der Waals surface area contributed by atoms with E-state index >= 15 is 0 Å². The quantitative estimate of drug-likeness (QED) is 0.429. The van der Waals surface area contributed by atoms with Gasteiger partial charge in [0.15, 0.2) is 0 Å². The molecule has 1 fully saturated rings. The molecule has 0 saturated carbocycles. The van der Waals surface area contributed by atoms with Crippen molar-refractivity contribution in [3.63, 3.8) is 0 Å². The first-order valence-electron chi connectivity index (χ1n) is 11.0. The monoisotopic (exact) mass is 482 g/mol. The summed E-state index contributed by atoms with van der Waals surface area (Å²) in [5, 5.41) is 8.01. The molecule has 2 aromatic carbocycles. The molecule has 180 valence electrons. The van der Waals surface area contributed by atoms with Gasteiger partial charge >= 0.3 is 6.18 Å². The van der Waals surface area contributed by atoms with Crippen molar-refractivity contribution in [3.05, 3.63) is 84.0 Å². The molecule has 4 aromatic rings. The second-order valence-corrected chi connectivity index (χ2v) is 8.16. The van der Waals surface area contributed by atoms with E-state index in [2.05, 4.69) is 20.1 Å². The number of piperazine rings is 1. The minimum atomic E-state index is -4.44. The zero-order valence-corrected chi connectivity index (χ0v) is 18.5. The van der Waals surface area contributed by atoms with Gasteiger partial charge in [0, 0.05) is 49.7 Å². The van der Waals surface area contributed by atoms with Gasteiger partial charge in [-0.15, -0.1) is 0 Å². The fourth-order valence-corrected chi connectivity index (χ4v) is 3.93. The van der Waals surface area contributed by atoms with Crippen LogP contribution in [-0.4, -0.2) is 61.8 Å². The third-order valence-corrected chi connectivity index (χ3v) is 5.82. The van der Waals surface area contributed by atoms with Gasteiger partial charge in [-0.3, -0.25) is 9.69 Å². The van der Waals surface area contributed by atoms with Crippen molar-refractivity contribution in [1.29, 1.82) is 0 Å². The highest BCUT2D eigenvalue weighted by atomic mass is 19.4. The van der Waals surface area contributed by atoms with Gasteiger partial charge in [-0.05, 0) is 42.5 Å². The van der Waals surface area contributed by atoms with E-state index in [0.29, 0.717) is 44.2 Å². The number of carbonyl (C=O) groups is 1. The highest BCUT2D eigenvalue weighted by Gasteiger charge is 2.31. The van der Waals surface area contributed by atoms with Crippen LogP contribution in [0.15, 0.2) is 71.5 Å². The number of hydrogen-bond donors (Lipinski definition) is 0. The van der Waals surface area contributed by atoms with Crippen LogP contribution >= 0.6 is 0 Å². The number of rotatable bonds is 5. The molecule has 1 amide bonds. The summed E-state index contributed by atoms with van der Waals surface area (Å²) >= 11 is 0. The number of hydrogen-bond acceptors (Lipinski definition) is 6. The summed E-state index contributed by atoms with van der Waals surface area (Å²) in [6, 6.07) is 13.9. The first kappa shape index (κ1) is 22.8. The predicted octanol–water partition coefficient (Wildman–Crippen LogP) is 3.90. The molecule has 35 heavy (non-hydrogen) atoms. The molecule has 0 unspecified atom stereocenters. The van der Waals surface area contributed by atoms with Crippen LogP contribution in [0.4, 0.5) is 13.2 Å². The Morgan fingerprint density at radius 2 is 1.77 bits per heavy atom. The van der Waals surface area contributed by atoms with Gasteiger partial charge in [0.05, 0.1) is 17.8 Å². The van der Waals surface area contributed by atoms with Crippen molar-refractivity contribution in [2.45, 2.75) is 12.7 Å². The van der Waals surface area contributed by atoms with E-state index < -0.39 is 11.7 Å². The van der Waals surface area contributed by atoms with Crippen LogP contribution in [0.3, 0.4) is 0 Å². The lowest BCUT2D eigenvalue weighted by Crippen LogP contribution is -2.48. The number of benzene rings is 2. The molecule has 2 aromatic heterocycles. The SMILES string of the molecule is O=C(c1ccc(-n2cccn2)cc1)N1CCN(Cc2nc(-c3cccc(C(F)(F)F)c3)no2)CC1. The van der Waals surface area contributed by atoms with E-state index in [-0.39, 0.29) is 17.3 Å². The maximum atomic E-state index is 13.0. The number of aromatic nitrogens is 4. The molecular weight excluding hydrogens is 461 g/mol. The number of halogens is 3. The van der Waals surface area contributed by atoms with E-state index in [1.807, 2.05) is 24.4 Å². The van der Waals surface area contributed by atoms with Crippen LogP contribution in [0.2, 0.25) is 0 Å². The average molecular weight is 482 g/mol. The van der Waals surface area contributed by atoms with Gasteiger partial charge in [-0.2, -0.15) is 23.3 Å². The molecule has 11 heteroatoms. The summed E-state index contributed by atoms with van der Waals surface area (Å²) < 4.78 is 45.9. The van der Waals surface area contributed by atoms with Gasteiger partial charge in [-0.25, -0.2) is 4.68 Å². The minimum Gasteiger partial charge on any atom is -0.338 e. The molecule has 0 bridgehead atoms. The Morgan fingerprint density at radius 3 is 2.46 bits per heavy atom. The third-order valence-electron chi connectivity index (χ3n) is 5.82. The van der Waals surface area contributed by atoms with Crippen molar-refractivity contribution >= 4 is 5.91 Å². The molecule has 1 aliphatic heterocycles. The van der Waals surface area contributed by atoms with E-state index in [0.717, 1.165) is 17.8 Å². The normalized spacial score (nSPS) is 14.9. The highest BCUT2D eigenvalue weighted by molar-refractivity contribution is 5.94. The second-order valence-electron chi connectivity index (χ2n) is 8.16. The van der Waals surface area contributed by atoms with Gasteiger partial charge < -0.3 is 9.42 Å². The van der Waals surface area contributed by atoms with Crippen molar-refractivity contribution in [1.82, 2.24) is 29.7 Å². The Morgan fingerprint density at radius 1 is 1.00 bits per heavy atom. The first-order valence-corrected chi connectivity index (χ1v) is 11.0. The van der Waals surface area contributed by atoms with E-state index in [9.17, 15) is 18.0 Å². The fourth-order valence-electron chi connectivity index (χ4n) is 3.93. The molecule has 1 saturated heterocycles. The molecular formula is C24H21F3N6O2. The van der Waals surface area contributed by atoms with Crippen molar-refractivity contribution in [2.75, 3.05) is 26.2 Å². The third kappa shape index (κ3) is 5.09. The number of amides is 1. The summed E-state index contributed by atoms with van der Waals surface area (Å²) in [4.78, 5) is 21.0. The maximum absolute atomic E-state index is 13.0. The maximum Gasteiger partial charge on any atom is 0.416 e. The zero-order valence-electron chi connectivity index (χ0n) is 18.5. The summed E-state index contributed by atoms with van der Waals surface area (Å²) in [5.41, 5.74) is 0.958. The number of nitrogens with zero attached hydrogens (tertiary/aromatic N) is 6. The lowest BCUT2D eigenvalue weighted by atomic mass is 10.1. The van der Waals surface area contributed by atoms with E-state index in [1.54, 1.807) is 27.9 Å². The number of carbonyl (C=O) groups excluding carboxylic acids is 1. The largest absolute Gasteiger partial charge is 0.416 e. The molecule has 0 radical (unpaired) electrons. The first-order chi connectivity index (χ1) is 16.9. The van der Waals surface area contributed by atoms with Crippen LogP contribution in [0, 0.1) is 0 Å². The van der Waals surface area contributed by atoms with Crippen LogP contribution in [0.25, 0.3) is 17.1 Å². The molecule has 0 spiro atoms. The molecule has 3 heterocycles. The predicted molar refractivity (Wildman–Crippen MR) is 119 cm³/mol. The molecule has 8 nitrogen and oxygen atoms in total. The Hall–Kier alpha value is -3.99. The summed E-state index contributed by atoms with van der Waals surface area (Å²) in [6.45, 7) is 2.64. The van der Waals surface area contributed by atoms with Crippen molar-refractivity contribution in [2.24, 2.45) is 0 Å². The zero-order chi connectivity index (χ0) is 24.4. The summed E-state index contributed by atoms with van der Waals surface area (Å²) in [5.74, 6) is 0.381. The van der Waals surface area contributed by atoms with Crippen molar-refractivity contribution in [3.8, 4) is 17.1 Å². The summed E-state index contributed by atoms with van der Waals surface area (Å²) in [6.07, 6.45) is -0.914. The Kier molecular flexibility index (Phi) is 6.08. The Bertz CT molecular complexity index is 1290.